The van der Waals surface area contributed by atoms with Gasteiger partial charge >= 0.3 is 0 Å². The molecule has 0 saturated heterocycles. The maximum absolute atomic E-state index is 6.00. The monoisotopic (exact) mass is 349 g/mol. The van der Waals surface area contributed by atoms with Crippen LogP contribution in [0, 0.1) is 6.92 Å². The lowest BCUT2D eigenvalue weighted by Gasteiger charge is -2.19. The summed E-state index contributed by atoms with van der Waals surface area (Å²) in [6, 6.07) is 7.94. The molecule has 1 atom stereocenters. The van der Waals surface area contributed by atoms with E-state index in [0.717, 1.165) is 27.7 Å². The van der Waals surface area contributed by atoms with Crippen LogP contribution in [0.2, 0.25) is 0 Å². The number of aromatic nitrogens is 4. The predicted octanol–water partition coefficient (Wildman–Crippen LogP) is 4.81. The summed E-state index contributed by atoms with van der Waals surface area (Å²) in [6.07, 6.45) is 3.68. The Morgan fingerprint density at radius 1 is 1.15 bits per heavy atom. The van der Waals surface area contributed by atoms with Crippen LogP contribution in [0.4, 0.5) is 5.82 Å². The first kappa shape index (κ1) is 16.6. The molecule has 0 amide bonds. The number of anilines is 1. The topological polar surface area (TPSA) is 68.8 Å². The van der Waals surface area contributed by atoms with Crippen LogP contribution in [0.1, 0.15) is 45.0 Å². The summed E-state index contributed by atoms with van der Waals surface area (Å²) < 4.78 is 8.01. The highest BCUT2D eigenvalue weighted by molar-refractivity contribution is 6.05. The van der Waals surface area contributed by atoms with Crippen LogP contribution in [-0.2, 0) is 5.54 Å². The van der Waals surface area contributed by atoms with Crippen LogP contribution >= 0.6 is 0 Å². The van der Waals surface area contributed by atoms with Crippen LogP contribution in [-0.4, -0.2) is 19.7 Å². The number of hydrogen-bond acceptors (Lipinski definition) is 5. The Morgan fingerprint density at radius 2 is 1.92 bits per heavy atom. The molecule has 0 aliphatic heterocycles. The van der Waals surface area contributed by atoms with Crippen molar-refractivity contribution in [2.24, 2.45) is 0 Å². The molecule has 3 aromatic heterocycles. The molecule has 0 saturated carbocycles. The first-order valence-corrected chi connectivity index (χ1v) is 8.80. The highest BCUT2D eigenvalue weighted by Crippen LogP contribution is 2.32. The van der Waals surface area contributed by atoms with Gasteiger partial charge in [0.2, 0.25) is 0 Å². The fraction of sp³-hybridized carbons (Fsp3) is 0.350. The van der Waals surface area contributed by atoms with Crippen molar-refractivity contribution < 1.29 is 4.42 Å². The second-order valence-electron chi connectivity index (χ2n) is 7.65. The van der Waals surface area contributed by atoms with E-state index >= 15 is 0 Å². The zero-order valence-electron chi connectivity index (χ0n) is 15.7. The molecule has 134 valence electrons. The number of hydrogen-bond donors (Lipinski definition) is 1. The number of furan rings is 1. The van der Waals surface area contributed by atoms with Crippen molar-refractivity contribution in [3.8, 4) is 0 Å². The van der Waals surface area contributed by atoms with Crippen molar-refractivity contribution in [1.82, 2.24) is 19.7 Å². The van der Waals surface area contributed by atoms with Crippen molar-refractivity contribution >= 4 is 27.9 Å². The minimum atomic E-state index is -0.0519. The van der Waals surface area contributed by atoms with Crippen molar-refractivity contribution in [2.75, 3.05) is 5.32 Å². The van der Waals surface area contributed by atoms with Gasteiger partial charge in [0, 0.05) is 17.1 Å². The Hall–Kier alpha value is -2.89. The first-order valence-electron chi connectivity index (χ1n) is 8.80. The third kappa shape index (κ3) is 2.71. The van der Waals surface area contributed by atoms with E-state index in [9.17, 15) is 0 Å². The molecule has 1 N–H and O–H groups in total. The average Bonchev–Trinajstić information content (AvgIpc) is 3.16. The summed E-state index contributed by atoms with van der Waals surface area (Å²) in [4.78, 5) is 8.81. The van der Waals surface area contributed by atoms with Gasteiger partial charge < -0.3 is 9.73 Å². The predicted molar refractivity (Wildman–Crippen MR) is 103 cm³/mol. The molecule has 0 bridgehead atoms. The molecule has 0 aliphatic carbocycles. The van der Waals surface area contributed by atoms with E-state index in [1.807, 2.05) is 35.9 Å². The molecular formula is C20H23N5O. The van der Waals surface area contributed by atoms with Gasteiger partial charge in [0.1, 0.15) is 17.4 Å². The van der Waals surface area contributed by atoms with E-state index in [1.165, 1.54) is 0 Å². The lowest BCUT2D eigenvalue weighted by atomic mass is 10.1. The Bertz CT molecular complexity index is 1090. The van der Waals surface area contributed by atoms with E-state index in [4.69, 9.17) is 4.42 Å². The summed E-state index contributed by atoms with van der Waals surface area (Å²) in [5.74, 6) is 0.696. The van der Waals surface area contributed by atoms with Crippen molar-refractivity contribution in [3.05, 3.63) is 48.0 Å². The van der Waals surface area contributed by atoms with E-state index < -0.39 is 0 Å². The number of nitrogens with zero attached hydrogens (tertiary/aromatic N) is 4. The van der Waals surface area contributed by atoms with E-state index in [1.54, 1.807) is 6.33 Å². The number of fused-ring (bicyclic) bond motifs is 3. The molecule has 0 radical (unpaired) electrons. The highest BCUT2D eigenvalue weighted by atomic mass is 16.3. The quantitative estimate of drug-likeness (QED) is 0.575. The second-order valence-corrected chi connectivity index (χ2v) is 7.65. The molecular weight excluding hydrogens is 326 g/mol. The van der Waals surface area contributed by atoms with Gasteiger partial charge in [-0.3, -0.25) is 4.68 Å². The molecule has 4 rings (SSSR count). The van der Waals surface area contributed by atoms with Crippen LogP contribution in [0.3, 0.4) is 0 Å². The molecule has 6 nitrogen and oxygen atoms in total. The zero-order valence-corrected chi connectivity index (χ0v) is 15.7. The third-order valence-electron chi connectivity index (χ3n) is 4.60. The molecule has 0 spiro atoms. The molecule has 26 heavy (non-hydrogen) atoms. The number of rotatable bonds is 3. The van der Waals surface area contributed by atoms with E-state index in [0.29, 0.717) is 11.4 Å². The Labute approximate surface area is 152 Å². The van der Waals surface area contributed by atoms with Crippen LogP contribution in [0.5, 0.6) is 0 Å². The highest BCUT2D eigenvalue weighted by Gasteiger charge is 2.21. The molecule has 4 aromatic rings. The van der Waals surface area contributed by atoms with Crippen LogP contribution in [0.15, 0.2) is 41.2 Å². The Kier molecular flexibility index (Phi) is 3.72. The van der Waals surface area contributed by atoms with Gasteiger partial charge in [-0.05, 0) is 46.8 Å². The summed E-state index contributed by atoms with van der Waals surface area (Å²) in [5, 5.41) is 9.13. The fourth-order valence-electron chi connectivity index (χ4n) is 3.15. The number of para-hydroxylation sites is 1. The average molecular weight is 349 g/mol. The van der Waals surface area contributed by atoms with Gasteiger partial charge in [-0.2, -0.15) is 5.10 Å². The zero-order chi connectivity index (χ0) is 18.5. The maximum Gasteiger partial charge on any atom is 0.196 e. The molecule has 6 heteroatoms. The number of benzene rings is 1. The Morgan fingerprint density at radius 3 is 2.65 bits per heavy atom. The molecule has 3 heterocycles. The second kappa shape index (κ2) is 5.83. The van der Waals surface area contributed by atoms with Gasteiger partial charge in [-0.15, -0.1) is 0 Å². The van der Waals surface area contributed by atoms with Gasteiger partial charge in [-0.25, -0.2) is 9.97 Å². The summed E-state index contributed by atoms with van der Waals surface area (Å²) in [6.45, 7) is 10.6. The standard InChI is InChI=1S/C20H23N5O/c1-12(15-10-25(20(3,4)5)24-13(15)2)23-19-18-17(21-11-22-19)14-8-6-7-9-16(14)26-18/h6-12H,1-5H3,(H,21,22,23). The Balaban J connectivity index is 1.72. The molecule has 0 fully saturated rings. The lowest BCUT2D eigenvalue weighted by Crippen LogP contribution is -2.22. The molecule has 1 aromatic carbocycles. The van der Waals surface area contributed by atoms with Gasteiger partial charge in [0.05, 0.1) is 17.3 Å². The minimum Gasteiger partial charge on any atom is -0.450 e. The van der Waals surface area contributed by atoms with Crippen molar-refractivity contribution in [1.29, 1.82) is 0 Å². The largest absolute Gasteiger partial charge is 0.450 e. The summed E-state index contributed by atoms with van der Waals surface area (Å²) in [7, 11) is 0. The summed E-state index contributed by atoms with van der Waals surface area (Å²) >= 11 is 0. The summed E-state index contributed by atoms with van der Waals surface area (Å²) in [5.41, 5.74) is 4.42. The van der Waals surface area contributed by atoms with Gasteiger partial charge in [0.15, 0.2) is 11.4 Å². The van der Waals surface area contributed by atoms with Crippen molar-refractivity contribution in [2.45, 2.75) is 46.2 Å². The van der Waals surface area contributed by atoms with Gasteiger partial charge in [-0.1, -0.05) is 12.1 Å². The third-order valence-corrected chi connectivity index (χ3v) is 4.60. The first-order chi connectivity index (χ1) is 12.3. The normalized spacial score (nSPS) is 13.4. The molecule has 0 aliphatic rings. The minimum absolute atomic E-state index is 0.0393. The van der Waals surface area contributed by atoms with E-state index in [2.05, 4.69) is 54.3 Å². The van der Waals surface area contributed by atoms with E-state index in [-0.39, 0.29) is 11.6 Å². The SMILES string of the molecule is Cc1nn(C(C)(C)C)cc1C(C)Nc1ncnc2c1oc1ccccc12. The number of aryl methyl sites for hydroxylation is 1. The number of nitrogens with one attached hydrogen (secondary N) is 1. The smallest absolute Gasteiger partial charge is 0.196 e. The molecule has 1 unspecified atom stereocenters. The van der Waals surface area contributed by atoms with Gasteiger partial charge in [0.25, 0.3) is 0 Å². The van der Waals surface area contributed by atoms with Crippen LogP contribution in [0.25, 0.3) is 22.1 Å². The fourth-order valence-corrected chi connectivity index (χ4v) is 3.15. The van der Waals surface area contributed by atoms with Crippen molar-refractivity contribution in [3.63, 3.8) is 0 Å². The maximum atomic E-state index is 6.00. The lowest BCUT2D eigenvalue weighted by molar-refractivity contribution is 0.354. The van der Waals surface area contributed by atoms with Crippen LogP contribution < -0.4 is 5.32 Å².